The maximum atomic E-state index is 12.3. The molecule has 9 heteroatoms. The van der Waals surface area contributed by atoms with Gasteiger partial charge < -0.3 is 15.2 Å². The predicted molar refractivity (Wildman–Crippen MR) is 98.8 cm³/mol. The number of aryl methyl sites for hydroxylation is 2. The van der Waals surface area contributed by atoms with Crippen LogP contribution in [0.25, 0.3) is 5.69 Å². The third-order valence-electron chi connectivity index (χ3n) is 3.79. The number of amides is 1. The fourth-order valence-corrected chi connectivity index (χ4v) is 3.05. The number of aromatic carboxylic acids is 1. The minimum Gasteiger partial charge on any atom is -0.545 e. The molecule has 27 heavy (non-hydrogen) atoms. The van der Waals surface area contributed by atoms with Crippen LogP contribution < -0.4 is 10.4 Å². The summed E-state index contributed by atoms with van der Waals surface area (Å²) >= 11 is 1.18. The Morgan fingerprint density at radius 1 is 1.15 bits per heavy atom. The van der Waals surface area contributed by atoms with E-state index in [-0.39, 0.29) is 17.2 Å². The molecule has 0 spiro atoms. The molecule has 0 unspecified atom stereocenters. The van der Waals surface area contributed by atoms with Gasteiger partial charge in [-0.1, -0.05) is 36.0 Å². The van der Waals surface area contributed by atoms with Crippen molar-refractivity contribution >= 4 is 29.3 Å². The number of anilines is 1. The monoisotopic (exact) mass is 382 g/mol. The van der Waals surface area contributed by atoms with Gasteiger partial charge in [0, 0.05) is 5.69 Å². The Labute approximate surface area is 159 Å². The van der Waals surface area contributed by atoms with E-state index in [0.717, 1.165) is 16.8 Å². The van der Waals surface area contributed by atoms with Crippen LogP contribution in [-0.2, 0) is 4.79 Å². The topological polar surface area (TPSA) is 113 Å². The number of nitrogens with zero attached hydrogens (tertiary/aromatic N) is 4. The van der Waals surface area contributed by atoms with Gasteiger partial charge >= 0.3 is 0 Å². The summed E-state index contributed by atoms with van der Waals surface area (Å²) in [6.45, 7) is 3.89. The Morgan fingerprint density at radius 2 is 1.89 bits per heavy atom. The van der Waals surface area contributed by atoms with Crippen LogP contribution in [0, 0.1) is 13.8 Å². The molecule has 0 saturated carbocycles. The quantitative estimate of drug-likeness (QED) is 0.641. The predicted octanol–water partition coefficient (Wildman–Crippen LogP) is 1.37. The largest absolute Gasteiger partial charge is 0.545 e. The van der Waals surface area contributed by atoms with E-state index in [1.54, 1.807) is 12.1 Å². The van der Waals surface area contributed by atoms with E-state index in [1.165, 1.54) is 28.6 Å². The van der Waals surface area contributed by atoms with Gasteiger partial charge in [0.15, 0.2) is 0 Å². The standard InChI is InChI=1S/C18H17N5O3S/c1-11-3-4-12(2)15(9-11)19-16(24)10-27-18-20-21-22-23(18)14-7-5-13(6-8-14)17(25)26/h3-9H,10H2,1-2H3,(H,19,24)(H,25,26)/p-1. The number of carbonyl (C=O) groups is 2. The summed E-state index contributed by atoms with van der Waals surface area (Å²) in [7, 11) is 0. The van der Waals surface area contributed by atoms with Crippen LogP contribution in [0.1, 0.15) is 21.5 Å². The number of carboxylic acid groups (broad SMARTS) is 1. The molecule has 0 aliphatic carbocycles. The first-order valence-electron chi connectivity index (χ1n) is 8.04. The van der Waals surface area contributed by atoms with Crippen LogP contribution in [0.4, 0.5) is 5.69 Å². The summed E-state index contributed by atoms with van der Waals surface area (Å²) in [4.78, 5) is 23.1. The van der Waals surface area contributed by atoms with E-state index < -0.39 is 5.97 Å². The minimum absolute atomic E-state index is 0.0638. The van der Waals surface area contributed by atoms with Crippen LogP contribution in [-0.4, -0.2) is 37.8 Å². The van der Waals surface area contributed by atoms with Crippen molar-refractivity contribution in [3.63, 3.8) is 0 Å². The molecule has 3 rings (SSSR count). The number of carbonyl (C=O) groups excluding carboxylic acids is 2. The average molecular weight is 382 g/mol. The number of tetrazole rings is 1. The third kappa shape index (κ3) is 4.50. The normalized spacial score (nSPS) is 10.6. The Balaban J connectivity index is 1.67. The van der Waals surface area contributed by atoms with Crippen molar-refractivity contribution in [3.8, 4) is 5.69 Å². The zero-order valence-corrected chi connectivity index (χ0v) is 15.5. The first kappa shape index (κ1) is 18.6. The molecule has 0 radical (unpaired) electrons. The van der Waals surface area contributed by atoms with Crippen molar-refractivity contribution in [2.24, 2.45) is 0 Å². The second kappa shape index (κ2) is 8.00. The average Bonchev–Trinajstić information content (AvgIpc) is 3.12. The van der Waals surface area contributed by atoms with Crippen molar-refractivity contribution < 1.29 is 14.7 Å². The highest BCUT2D eigenvalue weighted by atomic mass is 32.2. The summed E-state index contributed by atoms with van der Waals surface area (Å²) in [6.07, 6.45) is 0. The van der Waals surface area contributed by atoms with Crippen molar-refractivity contribution in [3.05, 3.63) is 59.2 Å². The first-order valence-corrected chi connectivity index (χ1v) is 9.02. The molecule has 0 aliphatic rings. The Hall–Kier alpha value is -3.20. The van der Waals surface area contributed by atoms with Crippen LogP contribution >= 0.6 is 11.8 Å². The number of rotatable bonds is 6. The number of carboxylic acids is 1. The molecule has 0 atom stereocenters. The molecular weight excluding hydrogens is 366 g/mol. The Kier molecular flexibility index (Phi) is 5.51. The van der Waals surface area contributed by atoms with E-state index >= 15 is 0 Å². The third-order valence-corrected chi connectivity index (χ3v) is 4.71. The van der Waals surface area contributed by atoms with Gasteiger partial charge in [0.2, 0.25) is 11.1 Å². The second-order valence-electron chi connectivity index (χ2n) is 5.86. The summed E-state index contributed by atoms with van der Waals surface area (Å²) in [5.74, 6) is -1.29. The molecule has 138 valence electrons. The van der Waals surface area contributed by atoms with Crippen molar-refractivity contribution in [2.75, 3.05) is 11.1 Å². The summed E-state index contributed by atoms with van der Waals surface area (Å²) in [5.41, 5.74) is 3.47. The number of nitrogens with one attached hydrogen (secondary N) is 1. The van der Waals surface area contributed by atoms with E-state index in [1.807, 2.05) is 32.0 Å². The molecule has 2 aromatic carbocycles. The lowest BCUT2D eigenvalue weighted by Crippen LogP contribution is -2.22. The number of benzene rings is 2. The van der Waals surface area contributed by atoms with Gasteiger partial charge in [-0.3, -0.25) is 4.79 Å². The molecule has 1 N–H and O–H groups in total. The van der Waals surface area contributed by atoms with Crippen LogP contribution in [0.5, 0.6) is 0 Å². The van der Waals surface area contributed by atoms with Crippen molar-refractivity contribution in [1.82, 2.24) is 20.2 Å². The lowest BCUT2D eigenvalue weighted by atomic mass is 10.1. The molecule has 0 bridgehead atoms. The molecule has 0 fully saturated rings. The van der Waals surface area contributed by atoms with Gasteiger partial charge in [-0.05, 0) is 59.2 Å². The van der Waals surface area contributed by atoms with Gasteiger partial charge in [0.1, 0.15) is 0 Å². The fourth-order valence-electron chi connectivity index (χ4n) is 2.36. The van der Waals surface area contributed by atoms with Gasteiger partial charge in [0.05, 0.1) is 17.4 Å². The fraction of sp³-hybridized carbons (Fsp3) is 0.167. The van der Waals surface area contributed by atoms with Gasteiger partial charge in [0.25, 0.3) is 0 Å². The smallest absolute Gasteiger partial charge is 0.234 e. The second-order valence-corrected chi connectivity index (χ2v) is 6.81. The lowest BCUT2D eigenvalue weighted by molar-refractivity contribution is -0.255. The molecule has 1 amide bonds. The van der Waals surface area contributed by atoms with E-state index in [2.05, 4.69) is 20.8 Å². The molecule has 0 aliphatic heterocycles. The molecule has 1 heterocycles. The van der Waals surface area contributed by atoms with Crippen LogP contribution in [0.15, 0.2) is 47.6 Å². The Morgan fingerprint density at radius 3 is 2.59 bits per heavy atom. The molecule has 3 aromatic rings. The van der Waals surface area contributed by atoms with Gasteiger partial charge in [-0.25, -0.2) is 0 Å². The van der Waals surface area contributed by atoms with E-state index in [9.17, 15) is 14.7 Å². The van der Waals surface area contributed by atoms with E-state index in [0.29, 0.717) is 10.8 Å². The zero-order chi connectivity index (χ0) is 19.4. The first-order chi connectivity index (χ1) is 12.9. The molecular formula is C18H16N5O3S-. The minimum atomic E-state index is -1.25. The maximum Gasteiger partial charge on any atom is 0.234 e. The number of hydrogen-bond acceptors (Lipinski definition) is 7. The van der Waals surface area contributed by atoms with Crippen LogP contribution in [0.2, 0.25) is 0 Å². The molecule has 0 saturated heterocycles. The number of aromatic nitrogens is 4. The Bertz CT molecular complexity index is 985. The molecule has 8 nitrogen and oxygen atoms in total. The maximum absolute atomic E-state index is 12.3. The van der Waals surface area contributed by atoms with Crippen LogP contribution in [0.3, 0.4) is 0 Å². The lowest BCUT2D eigenvalue weighted by Gasteiger charge is -2.09. The highest BCUT2D eigenvalue weighted by Crippen LogP contribution is 2.20. The SMILES string of the molecule is Cc1ccc(C)c(NC(=O)CSc2nnnn2-c2ccc(C(=O)[O-])cc2)c1. The van der Waals surface area contributed by atoms with Gasteiger partial charge in [-0.15, -0.1) is 5.10 Å². The highest BCUT2D eigenvalue weighted by molar-refractivity contribution is 7.99. The summed E-state index contributed by atoms with van der Waals surface area (Å²) in [6, 6.07) is 11.8. The zero-order valence-electron chi connectivity index (χ0n) is 14.7. The van der Waals surface area contributed by atoms with Gasteiger partial charge in [-0.2, -0.15) is 4.68 Å². The number of hydrogen-bond donors (Lipinski definition) is 1. The van der Waals surface area contributed by atoms with Crippen molar-refractivity contribution in [2.45, 2.75) is 19.0 Å². The highest BCUT2D eigenvalue weighted by Gasteiger charge is 2.12. The summed E-state index contributed by atoms with van der Waals surface area (Å²) < 4.78 is 1.44. The summed E-state index contributed by atoms with van der Waals surface area (Å²) in [5, 5.41) is 25.6. The van der Waals surface area contributed by atoms with Crippen molar-refractivity contribution in [1.29, 1.82) is 0 Å². The van der Waals surface area contributed by atoms with E-state index in [4.69, 9.17) is 0 Å². The number of thioether (sulfide) groups is 1. The molecule has 1 aromatic heterocycles.